The lowest BCUT2D eigenvalue weighted by atomic mass is 10.1. The van der Waals surface area contributed by atoms with Gasteiger partial charge in [-0.2, -0.15) is 0 Å². The first-order chi connectivity index (χ1) is 13.0. The van der Waals surface area contributed by atoms with E-state index in [1.54, 1.807) is 12.1 Å². The van der Waals surface area contributed by atoms with Gasteiger partial charge in [-0.25, -0.2) is 0 Å². The van der Waals surface area contributed by atoms with Gasteiger partial charge >= 0.3 is 0 Å². The molecule has 0 atom stereocenters. The number of rotatable bonds is 7. The molecule has 0 aliphatic carbocycles. The molecule has 0 spiro atoms. The maximum Gasteiger partial charge on any atom is 0.269 e. The zero-order chi connectivity index (χ0) is 19.4. The predicted octanol–water partition coefficient (Wildman–Crippen LogP) is 4.21. The van der Waals surface area contributed by atoms with Crippen molar-refractivity contribution in [2.45, 2.75) is 31.4 Å². The number of benzene rings is 2. The smallest absolute Gasteiger partial charge is 0.269 e. The molecule has 0 bridgehead atoms. The largest absolute Gasteiger partial charge is 0.485 e. The highest BCUT2D eigenvalue weighted by atomic mass is 32.2. The van der Waals surface area contributed by atoms with E-state index in [-0.39, 0.29) is 5.69 Å². The lowest BCUT2D eigenvalue weighted by Gasteiger charge is -2.11. The number of non-ortho nitro benzene ring substituents is 1. The average Bonchev–Trinajstić information content (AvgIpc) is 3.00. The summed E-state index contributed by atoms with van der Waals surface area (Å²) in [6.45, 7) is 4.38. The van der Waals surface area contributed by atoms with Crippen LogP contribution >= 0.6 is 11.8 Å². The first kappa shape index (κ1) is 18.9. The van der Waals surface area contributed by atoms with Gasteiger partial charge in [-0.15, -0.1) is 10.2 Å². The van der Waals surface area contributed by atoms with Crippen LogP contribution in [0.25, 0.3) is 0 Å². The highest BCUT2D eigenvalue weighted by Crippen LogP contribution is 2.25. The predicted molar refractivity (Wildman–Crippen MR) is 104 cm³/mol. The molecule has 0 saturated carbocycles. The van der Waals surface area contributed by atoms with E-state index in [0.717, 1.165) is 33.4 Å². The molecule has 0 radical (unpaired) electrons. The van der Waals surface area contributed by atoms with Gasteiger partial charge in [0.05, 0.1) is 4.92 Å². The summed E-state index contributed by atoms with van der Waals surface area (Å²) in [4.78, 5) is 10.3. The van der Waals surface area contributed by atoms with Gasteiger partial charge < -0.3 is 9.30 Å². The van der Waals surface area contributed by atoms with Crippen LogP contribution in [0.3, 0.4) is 0 Å². The number of hydrogen-bond donors (Lipinski definition) is 0. The minimum atomic E-state index is -0.401. The van der Waals surface area contributed by atoms with E-state index in [1.165, 1.54) is 23.9 Å². The van der Waals surface area contributed by atoms with Crippen molar-refractivity contribution in [3.8, 4) is 5.75 Å². The van der Waals surface area contributed by atoms with E-state index in [1.807, 2.05) is 43.7 Å². The topological polar surface area (TPSA) is 83.1 Å². The summed E-state index contributed by atoms with van der Waals surface area (Å²) >= 11 is 1.53. The quantitative estimate of drug-likeness (QED) is 0.345. The molecule has 0 aliphatic rings. The van der Waals surface area contributed by atoms with E-state index in [4.69, 9.17) is 4.74 Å². The van der Waals surface area contributed by atoms with Gasteiger partial charge in [0.2, 0.25) is 0 Å². The minimum Gasteiger partial charge on any atom is -0.485 e. The third-order valence-corrected chi connectivity index (χ3v) is 5.29. The summed E-state index contributed by atoms with van der Waals surface area (Å²) < 4.78 is 7.86. The van der Waals surface area contributed by atoms with Crippen LogP contribution < -0.4 is 4.74 Å². The second kappa shape index (κ2) is 8.22. The molecule has 3 aromatic rings. The standard InChI is InChI=1S/C19H20N4O3S/c1-13-5-4-6-14(2)18(13)26-11-17-20-21-19(22(17)3)27-12-15-7-9-16(10-8-15)23(24)25/h4-10H,11-12H2,1-3H3. The lowest BCUT2D eigenvalue weighted by Crippen LogP contribution is -2.05. The normalized spacial score (nSPS) is 10.8. The van der Waals surface area contributed by atoms with Crippen LogP contribution in [0.5, 0.6) is 5.75 Å². The number of thioether (sulfide) groups is 1. The number of ether oxygens (including phenoxy) is 1. The number of aryl methyl sites for hydroxylation is 2. The van der Waals surface area contributed by atoms with Gasteiger partial charge in [0, 0.05) is 24.9 Å². The molecule has 0 saturated heterocycles. The molecule has 27 heavy (non-hydrogen) atoms. The summed E-state index contributed by atoms with van der Waals surface area (Å²) in [6, 6.07) is 12.6. The maximum absolute atomic E-state index is 10.7. The Hall–Kier alpha value is -2.87. The second-order valence-electron chi connectivity index (χ2n) is 6.18. The van der Waals surface area contributed by atoms with Gasteiger partial charge in [-0.1, -0.05) is 42.1 Å². The van der Waals surface area contributed by atoms with Crippen molar-refractivity contribution in [1.29, 1.82) is 0 Å². The summed E-state index contributed by atoms with van der Waals surface area (Å²) in [6.07, 6.45) is 0. The zero-order valence-corrected chi connectivity index (χ0v) is 16.2. The summed E-state index contributed by atoms with van der Waals surface area (Å²) in [7, 11) is 1.90. The summed E-state index contributed by atoms with van der Waals surface area (Å²) in [5, 5.41) is 19.9. The Bertz CT molecular complexity index is 934. The highest BCUT2D eigenvalue weighted by molar-refractivity contribution is 7.98. The third kappa shape index (κ3) is 4.46. The number of nitro groups is 1. The fourth-order valence-electron chi connectivity index (χ4n) is 2.62. The van der Waals surface area contributed by atoms with Crippen LogP contribution in [-0.2, 0) is 19.4 Å². The van der Waals surface area contributed by atoms with Crippen molar-refractivity contribution in [2.24, 2.45) is 7.05 Å². The Balaban J connectivity index is 1.62. The fourth-order valence-corrected chi connectivity index (χ4v) is 3.51. The molecular formula is C19H20N4O3S. The SMILES string of the molecule is Cc1cccc(C)c1OCc1nnc(SCc2ccc([N+](=O)[O-])cc2)n1C. The first-order valence-corrected chi connectivity index (χ1v) is 9.37. The van der Waals surface area contributed by atoms with Crippen LogP contribution in [0.15, 0.2) is 47.6 Å². The summed E-state index contributed by atoms with van der Waals surface area (Å²) in [5.41, 5.74) is 3.25. The molecule has 8 heteroatoms. The van der Waals surface area contributed by atoms with Crippen molar-refractivity contribution in [3.63, 3.8) is 0 Å². The Morgan fingerprint density at radius 3 is 2.41 bits per heavy atom. The molecule has 1 heterocycles. The number of hydrogen-bond acceptors (Lipinski definition) is 6. The Kier molecular flexibility index (Phi) is 5.75. The van der Waals surface area contributed by atoms with E-state index in [9.17, 15) is 10.1 Å². The van der Waals surface area contributed by atoms with Crippen molar-refractivity contribution in [3.05, 3.63) is 75.1 Å². The molecule has 2 aromatic carbocycles. The Morgan fingerprint density at radius 2 is 1.78 bits per heavy atom. The molecule has 3 rings (SSSR count). The van der Waals surface area contributed by atoms with Gasteiger partial charge in [0.25, 0.3) is 5.69 Å². The molecule has 7 nitrogen and oxygen atoms in total. The van der Waals surface area contributed by atoms with E-state index < -0.39 is 4.92 Å². The molecule has 0 fully saturated rings. The Morgan fingerprint density at radius 1 is 1.11 bits per heavy atom. The van der Waals surface area contributed by atoms with E-state index >= 15 is 0 Å². The molecule has 0 N–H and O–H groups in total. The number of nitrogens with zero attached hydrogens (tertiary/aromatic N) is 4. The number of nitro benzene ring substituents is 1. The summed E-state index contributed by atoms with van der Waals surface area (Å²) in [5.74, 6) is 2.27. The van der Waals surface area contributed by atoms with Crippen LogP contribution in [0, 0.1) is 24.0 Å². The van der Waals surface area contributed by atoms with Crippen molar-refractivity contribution >= 4 is 17.4 Å². The van der Waals surface area contributed by atoms with Crippen molar-refractivity contribution < 1.29 is 9.66 Å². The Labute approximate surface area is 161 Å². The van der Waals surface area contributed by atoms with Crippen LogP contribution in [0.2, 0.25) is 0 Å². The molecule has 1 aromatic heterocycles. The van der Waals surface area contributed by atoms with Gasteiger partial charge in [-0.3, -0.25) is 10.1 Å². The van der Waals surface area contributed by atoms with Gasteiger partial charge in [-0.05, 0) is 30.5 Å². The average molecular weight is 384 g/mol. The van der Waals surface area contributed by atoms with Crippen LogP contribution in [0.4, 0.5) is 5.69 Å². The first-order valence-electron chi connectivity index (χ1n) is 8.39. The minimum absolute atomic E-state index is 0.0911. The van der Waals surface area contributed by atoms with Crippen LogP contribution in [-0.4, -0.2) is 19.7 Å². The molecule has 0 unspecified atom stereocenters. The third-order valence-electron chi connectivity index (χ3n) is 4.19. The van der Waals surface area contributed by atoms with E-state index in [2.05, 4.69) is 10.2 Å². The highest BCUT2D eigenvalue weighted by Gasteiger charge is 2.12. The maximum atomic E-state index is 10.7. The molecule has 140 valence electrons. The number of aromatic nitrogens is 3. The van der Waals surface area contributed by atoms with Crippen molar-refractivity contribution in [1.82, 2.24) is 14.8 Å². The van der Waals surface area contributed by atoms with Crippen LogP contribution in [0.1, 0.15) is 22.5 Å². The lowest BCUT2D eigenvalue weighted by molar-refractivity contribution is -0.384. The van der Waals surface area contributed by atoms with Crippen molar-refractivity contribution in [2.75, 3.05) is 0 Å². The monoisotopic (exact) mass is 384 g/mol. The van der Waals surface area contributed by atoms with E-state index in [0.29, 0.717) is 12.4 Å². The fraction of sp³-hybridized carbons (Fsp3) is 0.263. The molecule has 0 aliphatic heterocycles. The second-order valence-corrected chi connectivity index (χ2v) is 7.12. The molecular weight excluding hydrogens is 364 g/mol. The zero-order valence-electron chi connectivity index (χ0n) is 15.4. The molecule has 0 amide bonds. The van der Waals surface area contributed by atoms with Gasteiger partial charge in [0.15, 0.2) is 11.0 Å². The van der Waals surface area contributed by atoms with Gasteiger partial charge in [0.1, 0.15) is 12.4 Å². The number of para-hydroxylation sites is 1.